The van der Waals surface area contributed by atoms with Gasteiger partial charge in [0.1, 0.15) is 5.69 Å². The monoisotopic (exact) mass is 411 g/mol. The first-order valence-electron chi connectivity index (χ1n) is 10.0. The molecule has 9 nitrogen and oxygen atoms in total. The molecule has 0 saturated carbocycles. The lowest BCUT2D eigenvalue weighted by Gasteiger charge is -2.44. The molecule has 0 aliphatic carbocycles. The summed E-state index contributed by atoms with van der Waals surface area (Å²) in [5.74, 6) is 0.506. The van der Waals surface area contributed by atoms with E-state index in [2.05, 4.69) is 39.4 Å². The Kier molecular flexibility index (Phi) is 6.83. The predicted octanol–water partition coefficient (Wildman–Crippen LogP) is 1.07. The Hall–Kier alpha value is -3.20. The lowest BCUT2D eigenvalue weighted by Crippen LogP contribution is -2.60. The quantitative estimate of drug-likeness (QED) is 0.558. The number of likely N-dealkylation sites (tertiary alicyclic amines) is 1. The highest BCUT2D eigenvalue weighted by Crippen LogP contribution is 2.23. The minimum absolute atomic E-state index is 0.00607. The molecule has 2 aromatic heterocycles. The number of aromatic nitrogens is 3. The number of amides is 1. The standard InChI is InChI=1S/C21H29N7O2/c1-14(2)23-8-5-6-19(29)28-12-16(13-28)27(4)18-10-15(11-25-20(18)30)17-7-9-24-21(22-3)26-17/h5-7,9-11,14,16,23H,8,12-13H2,1-4H3,(H,25,30)(H,22,24,26). The van der Waals surface area contributed by atoms with Gasteiger partial charge in [0.15, 0.2) is 0 Å². The highest BCUT2D eigenvalue weighted by Gasteiger charge is 2.33. The molecule has 0 spiro atoms. The Labute approximate surface area is 176 Å². The Morgan fingerprint density at radius 3 is 2.90 bits per heavy atom. The minimum atomic E-state index is -0.173. The second kappa shape index (κ2) is 9.53. The van der Waals surface area contributed by atoms with Gasteiger partial charge < -0.3 is 25.4 Å². The number of rotatable bonds is 8. The molecule has 160 valence electrons. The first-order chi connectivity index (χ1) is 14.4. The van der Waals surface area contributed by atoms with Crippen LogP contribution in [0.1, 0.15) is 13.8 Å². The van der Waals surface area contributed by atoms with Gasteiger partial charge >= 0.3 is 0 Å². The van der Waals surface area contributed by atoms with E-state index in [-0.39, 0.29) is 17.5 Å². The number of aromatic amines is 1. The van der Waals surface area contributed by atoms with Gasteiger partial charge in [0, 0.05) is 63.8 Å². The maximum atomic E-state index is 12.4. The number of pyridine rings is 1. The van der Waals surface area contributed by atoms with Gasteiger partial charge in [0.25, 0.3) is 5.56 Å². The average Bonchev–Trinajstić information content (AvgIpc) is 2.70. The highest BCUT2D eigenvalue weighted by atomic mass is 16.2. The Balaban J connectivity index is 1.64. The molecule has 1 aliphatic rings. The molecule has 9 heteroatoms. The van der Waals surface area contributed by atoms with Crippen LogP contribution in [0.3, 0.4) is 0 Å². The van der Waals surface area contributed by atoms with Gasteiger partial charge in [-0.25, -0.2) is 9.97 Å². The van der Waals surface area contributed by atoms with Crippen molar-refractivity contribution < 1.29 is 4.79 Å². The molecule has 0 atom stereocenters. The summed E-state index contributed by atoms with van der Waals surface area (Å²) in [4.78, 5) is 39.7. The second-order valence-corrected chi connectivity index (χ2v) is 7.59. The molecular formula is C21H29N7O2. The van der Waals surface area contributed by atoms with E-state index in [1.165, 1.54) is 0 Å². The third-order valence-electron chi connectivity index (χ3n) is 5.06. The van der Waals surface area contributed by atoms with Crippen LogP contribution in [-0.4, -0.2) is 71.6 Å². The summed E-state index contributed by atoms with van der Waals surface area (Å²) in [6.07, 6.45) is 6.76. The summed E-state index contributed by atoms with van der Waals surface area (Å²) >= 11 is 0. The van der Waals surface area contributed by atoms with Crippen molar-refractivity contribution in [3.8, 4) is 11.3 Å². The van der Waals surface area contributed by atoms with Crippen LogP contribution in [-0.2, 0) is 4.79 Å². The first kappa shape index (κ1) is 21.5. The number of likely N-dealkylation sites (N-methyl/N-ethyl adjacent to an activating group) is 1. The molecule has 0 bridgehead atoms. The maximum Gasteiger partial charge on any atom is 0.271 e. The van der Waals surface area contributed by atoms with Crippen LogP contribution in [0.4, 0.5) is 11.6 Å². The van der Waals surface area contributed by atoms with Crippen LogP contribution in [0, 0.1) is 0 Å². The largest absolute Gasteiger partial charge is 0.364 e. The molecule has 0 aromatic carbocycles. The number of nitrogens with zero attached hydrogens (tertiary/aromatic N) is 4. The van der Waals surface area contributed by atoms with E-state index < -0.39 is 0 Å². The van der Waals surface area contributed by atoms with Crippen LogP contribution in [0.25, 0.3) is 11.3 Å². The smallest absolute Gasteiger partial charge is 0.271 e. The molecule has 1 aliphatic heterocycles. The molecule has 1 saturated heterocycles. The second-order valence-electron chi connectivity index (χ2n) is 7.59. The topological polar surface area (TPSA) is 106 Å². The maximum absolute atomic E-state index is 12.4. The molecule has 0 radical (unpaired) electrons. The van der Waals surface area contributed by atoms with E-state index in [0.717, 1.165) is 5.56 Å². The van der Waals surface area contributed by atoms with E-state index in [1.54, 1.807) is 36.5 Å². The number of hydrogen-bond acceptors (Lipinski definition) is 7. The fourth-order valence-electron chi connectivity index (χ4n) is 3.17. The van der Waals surface area contributed by atoms with Gasteiger partial charge in [0.05, 0.1) is 11.7 Å². The number of carbonyl (C=O) groups excluding carboxylic acids is 1. The van der Waals surface area contributed by atoms with E-state index in [9.17, 15) is 9.59 Å². The molecule has 3 heterocycles. The zero-order valence-electron chi connectivity index (χ0n) is 17.8. The molecule has 0 unspecified atom stereocenters. The van der Waals surface area contributed by atoms with Crippen molar-refractivity contribution in [2.75, 3.05) is 43.9 Å². The lowest BCUT2D eigenvalue weighted by molar-refractivity contribution is -0.130. The fraction of sp³-hybridized carbons (Fsp3) is 0.429. The summed E-state index contributed by atoms with van der Waals surface area (Å²) in [5, 5.41) is 6.15. The van der Waals surface area contributed by atoms with Crippen molar-refractivity contribution in [2.45, 2.75) is 25.9 Å². The molecule has 30 heavy (non-hydrogen) atoms. The molecular weight excluding hydrogens is 382 g/mol. The van der Waals surface area contributed by atoms with Crippen LogP contribution < -0.4 is 21.1 Å². The van der Waals surface area contributed by atoms with E-state index >= 15 is 0 Å². The molecule has 2 aromatic rings. The average molecular weight is 412 g/mol. The van der Waals surface area contributed by atoms with Gasteiger partial charge in [-0.1, -0.05) is 19.9 Å². The lowest BCUT2D eigenvalue weighted by atomic mass is 10.1. The normalized spacial score (nSPS) is 14.2. The van der Waals surface area contributed by atoms with Crippen LogP contribution in [0.5, 0.6) is 0 Å². The summed E-state index contributed by atoms with van der Waals surface area (Å²) in [6, 6.07) is 4.09. The van der Waals surface area contributed by atoms with Crippen molar-refractivity contribution in [2.24, 2.45) is 0 Å². The number of carbonyl (C=O) groups is 1. The van der Waals surface area contributed by atoms with Crippen molar-refractivity contribution in [3.05, 3.63) is 47.0 Å². The van der Waals surface area contributed by atoms with Crippen LogP contribution >= 0.6 is 0 Å². The number of nitrogens with one attached hydrogen (secondary N) is 3. The minimum Gasteiger partial charge on any atom is -0.364 e. The summed E-state index contributed by atoms with van der Waals surface area (Å²) in [7, 11) is 3.63. The highest BCUT2D eigenvalue weighted by molar-refractivity contribution is 5.88. The van der Waals surface area contributed by atoms with Crippen molar-refractivity contribution >= 4 is 17.5 Å². The van der Waals surface area contributed by atoms with Crippen molar-refractivity contribution in [3.63, 3.8) is 0 Å². The zero-order chi connectivity index (χ0) is 21.7. The summed E-state index contributed by atoms with van der Waals surface area (Å²) in [6.45, 7) is 5.96. The van der Waals surface area contributed by atoms with Crippen molar-refractivity contribution in [1.82, 2.24) is 25.2 Å². The third kappa shape index (κ3) is 5.04. The predicted molar refractivity (Wildman–Crippen MR) is 119 cm³/mol. The van der Waals surface area contributed by atoms with Gasteiger partial charge in [-0.05, 0) is 12.1 Å². The van der Waals surface area contributed by atoms with Crippen LogP contribution in [0.2, 0.25) is 0 Å². The fourth-order valence-corrected chi connectivity index (χ4v) is 3.17. The van der Waals surface area contributed by atoms with Crippen molar-refractivity contribution in [1.29, 1.82) is 0 Å². The van der Waals surface area contributed by atoms with E-state index in [4.69, 9.17) is 0 Å². The third-order valence-corrected chi connectivity index (χ3v) is 5.06. The van der Waals surface area contributed by atoms with E-state index in [0.29, 0.717) is 43.0 Å². The van der Waals surface area contributed by atoms with Gasteiger partial charge in [-0.2, -0.15) is 0 Å². The Bertz CT molecular complexity index is 964. The summed E-state index contributed by atoms with van der Waals surface area (Å²) in [5.41, 5.74) is 1.88. The van der Waals surface area contributed by atoms with Crippen LogP contribution in [0.15, 0.2) is 41.5 Å². The SMILES string of the molecule is CNc1nccc(-c2c[nH]c(=O)c(N(C)C3CN(C(=O)C=CCNC(C)C)C3)c2)n1. The molecule has 3 rings (SSSR count). The Morgan fingerprint density at radius 1 is 1.43 bits per heavy atom. The molecule has 1 amide bonds. The van der Waals surface area contributed by atoms with E-state index in [1.807, 2.05) is 24.1 Å². The number of H-pyrrole nitrogens is 1. The molecule has 3 N–H and O–H groups in total. The van der Waals surface area contributed by atoms with Gasteiger partial charge in [-0.15, -0.1) is 0 Å². The zero-order valence-corrected chi connectivity index (χ0v) is 17.8. The number of hydrogen-bond donors (Lipinski definition) is 3. The Morgan fingerprint density at radius 2 is 2.20 bits per heavy atom. The molecule has 1 fully saturated rings. The van der Waals surface area contributed by atoms with Gasteiger partial charge in [0.2, 0.25) is 11.9 Å². The van der Waals surface area contributed by atoms with Gasteiger partial charge in [-0.3, -0.25) is 9.59 Å². The number of anilines is 2. The first-order valence-corrected chi connectivity index (χ1v) is 10.0. The summed E-state index contributed by atoms with van der Waals surface area (Å²) < 4.78 is 0.